The number of pyridine rings is 4. The van der Waals surface area contributed by atoms with Gasteiger partial charge in [0.25, 0.3) is 0 Å². The second-order valence-electron chi connectivity index (χ2n) is 12.6. The van der Waals surface area contributed by atoms with E-state index in [2.05, 4.69) is 109 Å². The second kappa shape index (κ2) is 12.1. The number of nitriles is 1. The van der Waals surface area contributed by atoms with E-state index in [1.807, 2.05) is 55.1 Å². The lowest BCUT2D eigenvalue weighted by Gasteiger charge is -2.26. The van der Waals surface area contributed by atoms with E-state index in [0.29, 0.717) is 5.56 Å². The normalized spacial score (nSPS) is 11.4. The second-order valence-corrected chi connectivity index (χ2v) is 13.7. The Morgan fingerprint density at radius 2 is 1.00 bits per heavy atom. The lowest BCUT2D eigenvalue weighted by Crippen LogP contribution is -2.07. The van der Waals surface area contributed by atoms with Crippen LogP contribution < -0.4 is 0 Å². The van der Waals surface area contributed by atoms with E-state index in [9.17, 15) is 5.26 Å². The first-order valence-electron chi connectivity index (χ1n) is 16.9. The maximum absolute atomic E-state index is 11.5. The average molecular weight is 683 g/mol. The standard InChI is InChI=1S/C45H26N6S/c46-23-36-41(28-9-5-17-47-24-28)42(29-10-6-18-48-25-29)43(30-11-7-19-49-26-30)44(31-12-8-20-50-27-31)45(36)51-37-15-3-1-13-32(37)34-21-35-33-14-2-4-16-39(33)52-40(35)22-38(34)51/h1-22,24-27H. The summed E-state index contributed by atoms with van der Waals surface area (Å²) in [5.74, 6) is 0. The molecule has 10 aromatic rings. The van der Waals surface area contributed by atoms with Gasteiger partial charge in [-0.15, -0.1) is 11.3 Å². The Morgan fingerprint density at radius 3 is 1.60 bits per heavy atom. The van der Waals surface area contributed by atoms with E-state index < -0.39 is 0 Å². The third-order valence-corrected chi connectivity index (χ3v) is 10.9. The van der Waals surface area contributed by atoms with Crippen LogP contribution in [0.1, 0.15) is 5.56 Å². The predicted molar refractivity (Wildman–Crippen MR) is 211 cm³/mol. The molecule has 0 bridgehead atoms. The summed E-state index contributed by atoms with van der Waals surface area (Å²) in [6, 6.07) is 40.4. The van der Waals surface area contributed by atoms with Crippen molar-refractivity contribution < 1.29 is 0 Å². The van der Waals surface area contributed by atoms with Crippen molar-refractivity contribution in [3.8, 4) is 56.3 Å². The Hall–Kier alpha value is -7.01. The summed E-state index contributed by atoms with van der Waals surface area (Å²) in [6.45, 7) is 0. The van der Waals surface area contributed by atoms with Crippen molar-refractivity contribution in [3.63, 3.8) is 0 Å². The summed E-state index contributed by atoms with van der Waals surface area (Å²) in [5, 5.41) is 16.2. The monoisotopic (exact) mass is 682 g/mol. The van der Waals surface area contributed by atoms with Gasteiger partial charge in [-0.25, -0.2) is 0 Å². The minimum absolute atomic E-state index is 0.525. The van der Waals surface area contributed by atoms with Crippen molar-refractivity contribution in [2.45, 2.75) is 0 Å². The molecule has 0 aliphatic heterocycles. The highest BCUT2D eigenvalue weighted by molar-refractivity contribution is 7.25. The third-order valence-electron chi connectivity index (χ3n) is 9.78. The van der Waals surface area contributed by atoms with Gasteiger partial charge in [0.15, 0.2) is 0 Å². The Labute approximate surface area is 302 Å². The minimum Gasteiger partial charge on any atom is -0.307 e. The van der Waals surface area contributed by atoms with Gasteiger partial charge in [-0.1, -0.05) is 60.7 Å². The number of rotatable bonds is 5. The Kier molecular flexibility index (Phi) is 6.95. The van der Waals surface area contributed by atoms with Gasteiger partial charge in [0.05, 0.1) is 22.3 Å². The lowest BCUT2D eigenvalue weighted by atomic mass is 9.80. The molecule has 6 nitrogen and oxygen atoms in total. The summed E-state index contributed by atoms with van der Waals surface area (Å²) >= 11 is 1.79. The SMILES string of the molecule is N#Cc1c(-c2cccnc2)c(-c2cccnc2)c(-c2cccnc2)c(-c2cccnc2)c1-n1c2ccccc2c2cc3c(cc21)sc1ccccc13. The summed E-state index contributed by atoms with van der Waals surface area (Å²) in [6.07, 6.45) is 14.6. The zero-order valence-corrected chi connectivity index (χ0v) is 28.4. The molecule has 6 aromatic heterocycles. The quantitative estimate of drug-likeness (QED) is 0.180. The summed E-state index contributed by atoms with van der Waals surface area (Å²) in [5.41, 5.74) is 10.3. The zero-order valence-electron chi connectivity index (χ0n) is 27.6. The molecule has 0 fully saturated rings. The van der Waals surface area contributed by atoms with Crippen LogP contribution in [-0.4, -0.2) is 24.5 Å². The fraction of sp³-hybridized carbons (Fsp3) is 0. The van der Waals surface area contributed by atoms with Crippen molar-refractivity contribution in [2.24, 2.45) is 0 Å². The van der Waals surface area contributed by atoms with Gasteiger partial charge >= 0.3 is 0 Å². The number of thiophene rings is 1. The molecule has 242 valence electrons. The first-order chi connectivity index (χ1) is 25.8. The van der Waals surface area contributed by atoms with Crippen molar-refractivity contribution >= 4 is 53.3 Å². The maximum atomic E-state index is 11.5. The van der Waals surface area contributed by atoms with E-state index in [1.54, 1.807) is 36.1 Å². The highest BCUT2D eigenvalue weighted by Crippen LogP contribution is 2.52. The molecule has 0 radical (unpaired) electrons. The molecule has 0 aliphatic carbocycles. The first-order valence-corrected chi connectivity index (χ1v) is 17.7. The van der Waals surface area contributed by atoms with E-state index in [4.69, 9.17) is 0 Å². The number of nitrogens with zero attached hydrogens (tertiary/aromatic N) is 6. The molecule has 0 spiro atoms. The van der Waals surface area contributed by atoms with E-state index in [-0.39, 0.29) is 0 Å². The zero-order chi connectivity index (χ0) is 34.6. The number of fused-ring (bicyclic) bond motifs is 6. The molecule has 4 aromatic carbocycles. The van der Waals surface area contributed by atoms with Gasteiger partial charge in [0.2, 0.25) is 0 Å². The lowest BCUT2D eigenvalue weighted by molar-refractivity contribution is 1.17. The van der Waals surface area contributed by atoms with Crippen LogP contribution in [0.2, 0.25) is 0 Å². The van der Waals surface area contributed by atoms with Crippen LogP contribution in [0.3, 0.4) is 0 Å². The number of benzene rings is 4. The summed E-state index contributed by atoms with van der Waals surface area (Å²) in [7, 11) is 0. The Morgan fingerprint density at radius 1 is 0.462 bits per heavy atom. The molecule has 0 aliphatic rings. The largest absolute Gasteiger partial charge is 0.307 e. The summed E-state index contributed by atoms with van der Waals surface area (Å²) in [4.78, 5) is 18.3. The number of hydrogen-bond donors (Lipinski definition) is 0. The van der Waals surface area contributed by atoms with Crippen LogP contribution >= 0.6 is 11.3 Å². The molecule has 0 saturated heterocycles. The topological polar surface area (TPSA) is 80.3 Å². The van der Waals surface area contributed by atoms with Crippen LogP contribution in [-0.2, 0) is 0 Å². The summed E-state index contributed by atoms with van der Waals surface area (Å²) < 4.78 is 4.72. The van der Waals surface area contributed by atoms with Crippen molar-refractivity contribution in [3.05, 3.63) is 164 Å². The molecular weight excluding hydrogens is 657 g/mol. The number of para-hydroxylation sites is 1. The fourth-order valence-corrected chi connectivity index (χ4v) is 8.81. The molecule has 6 heterocycles. The molecule has 7 heteroatoms. The smallest absolute Gasteiger partial charge is 0.102 e. The fourth-order valence-electron chi connectivity index (χ4n) is 7.69. The first kappa shape index (κ1) is 29.9. The van der Waals surface area contributed by atoms with Crippen LogP contribution in [0.4, 0.5) is 0 Å². The molecule has 0 atom stereocenters. The maximum Gasteiger partial charge on any atom is 0.102 e. The van der Waals surface area contributed by atoms with Crippen molar-refractivity contribution in [1.82, 2.24) is 24.5 Å². The van der Waals surface area contributed by atoms with Gasteiger partial charge in [-0.3, -0.25) is 19.9 Å². The van der Waals surface area contributed by atoms with E-state index in [0.717, 1.165) is 72.0 Å². The molecule has 10 rings (SSSR count). The molecule has 0 N–H and O–H groups in total. The van der Waals surface area contributed by atoms with Crippen molar-refractivity contribution in [1.29, 1.82) is 5.26 Å². The van der Waals surface area contributed by atoms with Crippen molar-refractivity contribution in [2.75, 3.05) is 0 Å². The van der Waals surface area contributed by atoms with Gasteiger partial charge in [-0.05, 0) is 48.5 Å². The average Bonchev–Trinajstić information content (AvgIpc) is 3.74. The molecule has 0 saturated carbocycles. The van der Waals surface area contributed by atoms with Crippen LogP contribution in [0.5, 0.6) is 0 Å². The van der Waals surface area contributed by atoms with Crippen LogP contribution in [0.15, 0.2) is 159 Å². The molecule has 0 amide bonds. The van der Waals surface area contributed by atoms with E-state index >= 15 is 0 Å². The highest BCUT2D eigenvalue weighted by atomic mass is 32.1. The van der Waals surface area contributed by atoms with Crippen LogP contribution in [0, 0.1) is 11.3 Å². The van der Waals surface area contributed by atoms with Gasteiger partial charge in [-0.2, -0.15) is 5.26 Å². The molecular formula is C45H26N6S. The Balaban J connectivity index is 1.49. The third kappa shape index (κ3) is 4.56. The molecule has 0 unspecified atom stereocenters. The number of aromatic nitrogens is 5. The predicted octanol–water partition coefficient (Wildman–Crippen LogP) is 11.3. The van der Waals surface area contributed by atoms with Crippen LogP contribution in [0.25, 0.3) is 92.2 Å². The minimum atomic E-state index is 0.525. The Bertz CT molecular complexity index is 3000. The molecule has 52 heavy (non-hydrogen) atoms. The van der Waals surface area contributed by atoms with Gasteiger partial charge in [0, 0.05) is 125 Å². The number of hydrogen-bond acceptors (Lipinski definition) is 6. The van der Waals surface area contributed by atoms with Gasteiger partial charge < -0.3 is 4.57 Å². The highest BCUT2D eigenvalue weighted by Gasteiger charge is 2.30. The van der Waals surface area contributed by atoms with Gasteiger partial charge in [0.1, 0.15) is 6.07 Å². The van der Waals surface area contributed by atoms with E-state index in [1.165, 1.54) is 20.2 Å².